The van der Waals surface area contributed by atoms with Gasteiger partial charge in [0.2, 0.25) is 70.9 Å². The first kappa shape index (κ1) is 99.2. The first-order valence-corrected chi connectivity index (χ1v) is 39.6. The zero-order valence-electron chi connectivity index (χ0n) is 67.6. The molecule has 116 heavy (non-hydrogen) atoms. The number of carbonyl (C=O) groups is 13. The van der Waals surface area contributed by atoms with Gasteiger partial charge >= 0.3 is 5.97 Å². The van der Waals surface area contributed by atoms with Crippen LogP contribution in [0.5, 0.6) is 5.75 Å². The molecule has 0 saturated carbocycles. The number of unbranched alkanes of at least 4 members (excludes halogenated alkanes) is 2. The minimum Gasteiger partial charge on any atom is -0.508 e. The van der Waals surface area contributed by atoms with Gasteiger partial charge in [0.05, 0.1) is 19.2 Å². The van der Waals surface area contributed by atoms with Crippen molar-refractivity contribution in [1.29, 1.82) is 0 Å². The molecule has 1 aliphatic rings. The standard InChI is InChI=1S/C76H128N24O16/c1-7-45(6)61(71(113)94-53(25-17-35-88-76(84)85)72(114)100-36-18-26-59(100)70(112)93-50(21-11-13-31-77)65(107)96-56(38-44(4)5)68(110)95-54(73(115)116)22-12-14-32-78)99-66(108)52(24-16-34-87-75(82)83)91-64(106)51(23-15-33-86-74(80)81)92-67(109)55(37-43(2)3)97-69(111)57(40-46-19-9-8-10-20-46)90-60(103)41-89-63(105)58(42-101)98-62(104)49(79)39-47-27-29-48(102)30-28-47/h8-10,19-20,27-30,43-45,49-59,61,101-102H,7,11-18,21-26,31-42,77-79H2,1-6H3,(H,89,105)(H,90,103)(H,91,106)(H,92,109)(H,93,112)(H,94,113)(H,95,110)(H,96,107)(H,97,111)(H,98,104)(H,99,108)(H,115,116)(H4,80,81,86)(H4,82,83,87)(H4,84,85,88)/t45?,49-,50-,51-,52-,53-,54-,55-,56-,57-,58-,59-,61-/m0/s1. The van der Waals surface area contributed by atoms with E-state index in [1.807, 2.05) is 13.8 Å². The molecule has 1 heterocycles. The predicted molar refractivity (Wildman–Crippen MR) is 436 cm³/mol. The fourth-order valence-electron chi connectivity index (χ4n) is 12.6. The molecule has 40 heteroatoms. The van der Waals surface area contributed by atoms with Crippen molar-refractivity contribution >= 4 is 94.7 Å². The molecule has 1 saturated heterocycles. The monoisotopic (exact) mass is 1630 g/mol. The summed E-state index contributed by atoms with van der Waals surface area (Å²) in [5.41, 5.74) is 52.6. The van der Waals surface area contributed by atoms with Crippen LogP contribution in [0.15, 0.2) is 69.6 Å². The largest absolute Gasteiger partial charge is 0.508 e. The van der Waals surface area contributed by atoms with E-state index in [0.717, 1.165) is 0 Å². The van der Waals surface area contributed by atoms with Gasteiger partial charge in [0, 0.05) is 32.6 Å². The van der Waals surface area contributed by atoms with E-state index in [2.05, 4.69) is 73.5 Å². The number of carboxylic acids is 1. The summed E-state index contributed by atoms with van der Waals surface area (Å²) in [4.78, 5) is 197. The Morgan fingerprint density at radius 2 is 0.897 bits per heavy atom. The third kappa shape index (κ3) is 37.5. The Morgan fingerprint density at radius 3 is 1.37 bits per heavy atom. The van der Waals surface area contributed by atoms with Gasteiger partial charge in [-0.1, -0.05) is 90.4 Å². The van der Waals surface area contributed by atoms with Crippen molar-refractivity contribution in [3.05, 3.63) is 65.7 Å². The zero-order valence-corrected chi connectivity index (χ0v) is 67.6. The molecule has 1 fully saturated rings. The number of hydrogen-bond donors (Lipinski definition) is 23. The number of carboxylic acid groups (broad SMARTS) is 1. The Hall–Kier alpha value is -11.0. The Morgan fingerprint density at radius 1 is 0.474 bits per heavy atom. The van der Waals surface area contributed by atoms with E-state index in [1.54, 1.807) is 70.2 Å². The summed E-state index contributed by atoms with van der Waals surface area (Å²) in [6.07, 6.45) is 2.40. The van der Waals surface area contributed by atoms with Gasteiger partial charge in [0.25, 0.3) is 0 Å². The molecule has 0 aromatic heterocycles. The number of aliphatic hydroxyl groups is 1. The average molecular weight is 1630 g/mol. The van der Waals surface area contributed by atoms with Crippen LogP contribution in [0.4, 0.5) is 0 Å². The van der Waals surface area contributed by atoms with Crippen LogP contribution in [0.3, 0.4) is 0 Å². The Bertz CT molecular complexity index is 3580. The summed E-state index contributed by atoms with van der Waals surface area (Å²) in [6, 6.07) is -1.83. The number of nitrogens with zero attached hydrogens (tertiary/aromatic N) is 4. The highest BCUT2D eigenvalue weighted by atomic mass is 16.4. The first-order chi connectivity index (χ1) is 55.0. The fraction of sp³-hybridized carbons (Fsp3) is 0.632. The molecule has 3 rings (SSSR count). The topological polar surface area (TPSA) is 689 Å². The molecule has 0 bridgehead atoms. The molecule has 0 aliphatic carbocycles. The van der Waals surface area contributed by atoms with Crippen molar-refractivity contribution in [2.75, 3.05) is 52.4 Å². The van der Waals surface area contributed by atoms with Crippen molar-refractivity contribution in [3.63, 3.8) is 0 Å². The number of aromatic hydroxyl groups is 1. The maximum absolute atomic E-state index is 15.1. The van der Waals surface area contributed by atoms with Gasteiger partial charge in [-0.2, -0.15) is 0 Å². The molecule has 13 atom stereocenters. The Kier molecular flexibility index (Phi) is 45.5. The van der Waals surface area contributed by atoms with Gasteiger partial charge < -0.3 is 130 Å². The number of phenols is 1. The Balaban J connectivity index is 1.99. The number of benzene rings is 2. The number of amides is 12. The summed E-state index contributed by atoms with van der Waals surface area (Å²) in [5, 5.41) is 58.7. The summed E-state index contributed by atoms with van der Waals surface area (Å²) in [6.45, 7) is 9.46. The van der Waals surface area contributed by atoms with Crippen LogP contribution in [-0.4, -0.2) is 240 Å². The second kappa shape index (κ2) is 53.2. The van der Waals surface area contributed by atoms with E-state index in [4.69, 9.17) is 51.6 Å². The summed E-state index contributed by atoms with van der Waals surface area (Å²) in [5.74, 6) is -13.2. The third-order valence-electron chi connectivity index (χ3n) is 19.1. The number of hydrogen-bond acceptors (Lipinski definition) is 21. The van der Waals surface area contributed by atoms with Crippen LogP contribution in [0.2, 0.25) is 0 Å². The van der Waals surface area contributed by atoms with Gasteiger partial charge in [-0.05, 0) is 163 Å². The zero-order chi connectivity index (χ0) is 86.6. The highest BCUT2D eigenvalue weighted by Gasteiger charge is 2.42. The van der Waals surface area contributed by atoms with Crippen LogP contribution < -0.4 is 110 Å². The molecule has 1 aliphatic heterocycles. The lowest BCUT2D eigenvalue weighted by Gasteiger charge is -2.32. The summed E-state index contributed by atoms with van der Waals surface area (Å²) < 4.78 is 0. The number of rotatable bonds is 55. The summed E-state index contributed by atoms with van der Waals surface area (Å²) >= 11 is 0. The van der Waals surface area contributed by atoms with E-state index in [1.165, 1.54) is 17.0 Å². The lowest BCUT2D eigenvalue weighted by molar-refractivity contribution is -0.143. The molecule has 1 unspecified atom stereocenters. The third-order valence-corrected chi connectivity index (χ3v) is 19.1. The van der Waals surface area contributed by atoms with Crippen LogP contribution in [0.1, 0.15) is 162 Å². The molecule has 648 valence electrons. The smallest absolute Gasteiger partial charge is 0.326 e. The second-order valence-corrected chi connectivity index (χ2v) is 29.8. The van der Waals surface area contributed by atoms with Crippen LogP contribution >= 0.6 is 0 Å². The number of aliphatic hydroxyl groups excluding tert-OH is 1. The molecule has 2 aromatic rings. The first-order valence-electron chi connectivity index (χ1n) is 39.6. The van der Waals surface area contributed by atoms with Crippen molar-refractivity contribution < 1.29 is 77.6 Å². The van der Waals surface area contributed by atoms with Crippen LogP contribution in [-0.2, 0) is 75.2 Å². The minimum absolute atomic E-state index is 0.00321. The van der Waals surface area contributed by atoms with Crippen molar-refractivity contribution in [2.24, 2.45) is 84.3 Å². The van der Waals surface area contributed by atoms with Crippen molar-refractivity contribution in [2.45, 2.75) is 236 Å². The highest BCUT2D eigenvalue weighted by molar-refractivity contribution is 6.00. The highest BCUT2D eigenvalue weighted by Crippen LogP contribution is 2.23. The quantitative estimate of drug-likeness (QED) is 0.0168. The Labute approximate surface area is 677 Å². The SMILES string of the molecule is CCC(C)[C@H](NC(=O)[C@H](CCCN=C(N)N)NC(=O)[C@H](CCCN=C(N)N)NC(=O)[C@H](CC(C)C)NC(=O)[C@H](Cc1ccccc1)NC(=O)CNC(=O)[C@H](CO)NC(=O)[C@@H](N)Cc1ccc(O)cc1)C(=O)N[C@@H](CCCN=C(N)N)C(=O)N1CCC[C@H]1C(=O)N[C@@H](CCCCN)C(=O)N[C@@H](CC(C)C)C(=O)N[C@@H](CCCCN)C(=O)O. The van der Waals surface area contributed by atoms with Gasteiger partial charge in [-0.3, -0.25) is 72.5 Å². The average Bonchev–Trinajstić information content (AvgIpc) is 1.63. The van der Waals surface area contributed by atoms with Crippen LogP contribution in [0.25, 0.3) is 0 Å². The number of likely N-dealkylation sites (tertiary alicyclic amines) is 1. The van der Waals surface area contributed by atoms with E-state index in [9.17, 15) is 72.9 Å². The fourth-order valence-corrected chi connectivity index (χ4v) is 12.6. The second-order valence-electron chi connectivity index (χ2n) is 29.8. The molecule has 32 N–H and O–H groups in total. The number of aliphatic carboxylic acids is 1. The number of guanidine groups is 3. The molecule has 12 amide bonds. The number of carbonyl (C=O) groups excluding carboxylic acids is 12. The summed E-state index contributed by atoms with van der Waals surface area (Å²) in [7, 11) is 0. The van der Waals surface area contributed by atoms with Gasteiger partial charge in [-0.15, -0.1) is 0 Å². The van der Waals surface area contributed by atoms with Crippen molar-refractivity contribution in [3.8, 4) is 5.75 Å². The van der Waals surface area contributed by atoms with Gasteiger partial charge in [0.15, 0.2) is 17.9 Å². The van der Waals surface area contributed by atoms with Crippen molar-refractivity contribution in [1.82, 2.24) is 63.4 Å². The van der Waals surface area contributed by atoms with Gasteiger partial charge in [0.1, 0.15) is 72.2 Å². The molecular formula is C76H128N24O16. The van der Waals surface area contributed by atoms with E-state index >= 15 is 4.79 Å². The van der Waals surface area contributed by atoms with Gasteiger partial charge in [-0.25, -0.2) is 4.79 Å². The maximum atomic E-state index is 15.1. The number of aliphatic imine (C=N–C) groups is 3. The molecular weight excluding hydrogens is 1500 g/mol. The lowest BCUT2D eigenvalue weighted by Crippen LogP contribution is -2.61. The van der Waals surface area contributed by atoms with E-state index in [-0.39, 0.29) is 158 Å². The van der Waals surface area contributed by atoms with E-state index in [0.29, 0.717) is 49.8 Å². The molecule has 0 radical (unpaired) electrons. The van der Waals surface area contributed by atoms with E-state index < -0.39 is 168 Å². The molecule has 2 aromatic carbocycles. The predicted octanol–water partition coefficient (Wildman–Crippen LogP) is -4.91. The molecule has 40 nitrogen and oxygen atoms in total. The maximum Gasteiger partial charge on any atom is 0.326 e. The minimum atomic E-state index is -1.55. The molecule has 0 spiro atoms. The number of phenolic OH excluding ortho intramolecular Hbond substituents is 1. The number of nitrogens with one attached hydrogen (secondary N) is 11. The van der Waals surface area contributed by atoms with Crippen LogP contribution in [0, 0.1) is 17.8 Å². The normalized spacial score (nSPS) is 15.6. The lowest BCUT2D eigenvalue weighted by atomic mass is 9.96. The number of nitrogens with two attached hydrogens (primary N) is 9.